The lowest BCUT2D eigenvalue weighted by Crippen LogP contribution is -2.37. The van der Waals surface area contributed by atoms with Crippen LogP contribution in [0.5, 0.6) is 0 Å². The van der Waals surface area contributed by atoms with Gasteiger partial charge in [-0.05, 0) is 53.5 Å². The van der Waals surface area contributed by atoms with Crippen molar-refractivity contribution in [2.45, 2.75) is 19.4 Å². The van der Waals surface area contributed by atoms with Gasteiger partial charge in [-0.15, -0.1) is 0 Å². The summed E-state index contributed by atoms with van der Waals surface area (Å²) in [5, 5.41) is 0. The molecule has 0 saturated carbocycles. The van der Waals surface area contributed by atoms with Gasteiger partial charge in [0, 0.05) is 12.5 Å². The minimum Gasteiger partial charge on any atom is -0.393 e. The molecule has 0 atom stereocenters. The molecule has 2 nitrogen and oxygen atoms in total. The van der Waals surface area contributed by atoms with Crippen LogP contribution < -0.4 is 5.73 Å². The number of benzene rings is 1. The van der Waals surface area contributed by atoms with Gasteiger partial charge in [-0.25, -0.2) is 4.39 Å². The number of rotatable bonds is 3. The van der Waals surface area contributed by atoms with Crippen LogP contribution in [0.3, 0.4) is 0 Å². The highest BCUT2D eigenvalue weighted by Crippen LogP contribution is 2.24. The summed E-state index contributed by atoms with van der Waals surface area (Å²) in [5.41, 5.74) is 6.65. The second-order valence-electron chi connectivity index (χ2n) is 4.67. The highest BCUT2D eigenvalue weighted by atomic mass is 79.9. The lowest BCUT2D eigenvalue weighted by atomic mass is 9.96. The highest BCUT2D eigenvalue weighted by Gasteiger charge is 2.21. The smallest absolute Gasteiger partial charge is 0.137 e. The lowest BCUT2D eigenvalue weighted by Gasteiger charge is -2.31. The Labute approximate surface area is 120 Å². The van der Waals surface area contributed by atoms with Gasteiger partial charge in [0.25, 0.3) is 0 Å². The normalized spacial score (nSPS) is 17.9. The summed E-state index contributed by atoms with van der Waals surface area (Å²) in [5.74, 6) is 0.165. The Balaban J connectivity index is 1.96. The van der Waals surface area contributed by atoms with Crippen LogP contribution in [0.15, 0.2) is 22.7 Å². The number of hydrogen-bond acceptors (Lipinski definition) is 2. The first-order valence-corrected chi connectivity index (χ1v) is 7.22. The van der Waals surface area contributed by atoms with Crippen molar-refractivity contribution in [1.29, 1.82) is 0 Å². The van der Waals surface area contributed by atoms with E-state index in [-0.39, 0.29) is 5.82 Å². The molecule has 1 aromatic carbocycles. The maximum absolute atomic E-state index is 13.4. The maximum atomic E-state index is 13.4. The predicted octanol–water partition coefficient (Wildman–Crippen LogP) is 3.09. The Morgan fingerprint density at radius 1 is 1.44 bits per heavy atom. The van der Waals surface area contributed by atoms with E-state index in [1.807, 2.05) is 6.07 Å². The van der Waals surface area contributed by atoms with Crippen LogP contribution >= 0.6 is 28.1 Å². The molecule has 18 heavy (non-hydrogen) atoms. The summed E-state index contributed by atoms with van der Waals surface area (Å²) in [6, 6.07) is 5.16. The molecular formula is C13H16BrFN2S. The SMILES string of the molecule is NC(=S)C1CCN(Cc2cccc(F)c2Br)CC1. The fraction of sp³-hybridized carbons (Fsp3) is 0.462. The molecule has 2 rings (SSSR count). The van der Waals surface area contributed by atoms with E-state index < -0.39 is 0 Å². The highest BCUT2D eigenvalue weighted by molar-refractivity contribution is 9.10. The van der Waals surface area contributed by atoms with Crippen LogP contribution in [-0.4, -0.2) is 23.0 Å². The summed E-state index contributed by atoms with van der Waals surface area (Å²) in [4.78, 5) is 2.94. The summed E-state index contributed by atoms with van der Waals surface area (Å²) in [6.07, 6.45) is 2.00. The largest absolute Gasteiger partial charge is 0.393 e. The molecule has 1 heterocycles. The van der Waals surface area contributed by atoms with Gasteiger partial charge in [0.05, 0.1) is 9.46 Å². The molecular weight excluding hydrogens is 315 g/mol. The predicted molar refractivity (Wildman–Crippen MR) is 78.9 cm³/mol. The summed E-state index contributed by atoms with van der Waals surface area (Å²) >= 11 is 8.32. The van der Waals surface area contributed by atoms with Gasteiger partial charge >= 0.3 is 0 Å². The summed E-state index contributed by atoms with van der Waals surface area (Å²) in [6.45, 7) is 2.69. The zero-order valence-corrected chi connectivity index (χ0v) is 12.4. The molecule has 98 valence electrons. The molecule has 0 unspecified atom stereocenters. The number of nitrogens with two attached hydrogens (primary N) is 1. The summed E-state index contributed by atoms with van der Waals surface area (Å²) in [7, 11) is 0. The van der Waals surface area contributed by atoms with E-state index in [4.69, 9.17) is 18.0 Å². The van der Waals surface area contributed by atoms with Crippen LogP contribution in [0.4, 0.5) is 4.39 Å². The van der Waals surface area contributed by atoms with Crippen molar-refractivity contribution in [2.75, 3.05) is 13.1 Å². The van der Waals surface area contributed by atoms with E-state index >= 15 is 0 Å². The fourth-order valence-electron chi connectivity index (χ4n) is 2.29. The van der Waals surface area contributed by atoms with Crippen LogP contribution in [0.2, 0.25) is 0 Å². The quantitative estimate of drug-likeness (QED) is 0.863. The van der Waals surface area contributed by atoms with E-state index in [9.17, 15) is 4.39 Å². The zero-order valence-electron chi connectivity index (χ0n) is 10.0. The number of likely N-dealkylation sites (tertiary alicyclic amines) is 1. The van der Waals surface area contributed by atoms with Crippen LogP contribution in [0, 0.1) is 11.7 Å². The third-order valence-corrected chi connectivity index (χ3v) is 4.64. The standard InChI is InChI=1S/C13H16BrFN2S/c14-12-10(2-1-3-11(12)15)8-17-6-4-9(5-7-17)13(16)18/h1-3,9H,4-8H2,(H2,16,18). The fourth-order valence-corrected chi connectivity index (χ4v) is 2.91. The monoisotopic (exact) mass is 330 g/mol. The number of hydrogen-bond donors (Lipinski definition) is 1. The second kappa shape index (κ2) is 6.08. The molecule has 0 aromatic heterocycles. The average Bonchev–Trinajstić information content (AvgIpc) is 2.36. The van der Waals surface area contributed by atoms with Crippen LogP contribution in [0.1, 0.15) is 18.4 Å². The molecule has 2 N–H and O–H groups in total. The average molecular weight is 331 g/mol. The van der Waals surface area contributed by atoms with Crippen LogP contribution in [0.25, 0.3) is 0 Å². The van der Waals surface area contributed by atoms with Crippen molar-refractivity contribution in [3.8, 4) is 0 Å². The van der Waals surface area contributed by atoms with Crippen molar-refractivity contribution in [3.05, 3.63) is 34.1 Å². The molecule has 0 radical (unpaired) electrons. The molecule has 1 aromatic rings. The lowest BCUT2D eigenvalue weighted by molar-refractivity contribution is 0.201. The first kappa shape index (κ1) is 13.9. The number of nitrogens with zero attached hydrogens (tertiary/aromatic N) is 1. The topological polar surface area (TPSA) is 29.3 Å². The first-order valence-electron chi connectivity index (χ1n) is 6.02. The summed E-state index contributed by atoms with van der Waals surface area (Å²) < 4.78 is 14.0. The van der Waals surface area contributed by atoms with E-state index in [1.165, 1.54) is 6.07 Å². The van der Waals surface area contributed by atoms with Crippen molar-refractivity contribution in [3.63, 3.8) is 0 Å². The minimum absolute atomic E-state index is 0.203. The number of piperidine rings is 1. The Morgan fingerprint density at radius 3 is 2.72 bits per heavy atom. The Hall–Kier alpha value is -0.520. The third kappa shape index (κ3) is 3.28. The van der Waals surface area contributed by atoms with Crippen molar-refractivity contribution in [2.24, 2.45) is 11.7 Å². The van der Waals surface area contributed by atoms with E-state index in [2.05, 4.69) is 20.8 Å². The molecule has 0 bridgehead atoms. The number of halogens is 2. The Morgan fingerprint density at radius 2 is 2.11 bits per heavy atom. The zero-order chi connectivity index (χ0) is 13.1. The van der Waals surface area contributed by atoms with Gasteiger partial charge in [-0.3, -0.25) is 4.90 Å². The Bertz CT molecular complexity index is 445. The minimum atomic E-state index is -0.203. The third-order valence-electron chi connectivity index (χ3n) is 3.42. The van der Waals surface area contributed by atoms with Gasteiger partial charge in [-0.1, -0.05) is 24.4 Å². The molecule has 0 spiro atoms. The van der Waals surface area contributed by atoms with Gasteiger partial charge in [0.1, 0.15) is 5.82 Å². The maximum Gasteiger partial charge on any atom is 0.137 e. The van der Waals surface area contributed by atoms with Gasteiger partial charge in [0.2, 0.25) is 0 Å². The van der Waals surface area contributed by atoms with Gasteiger partial charge in [-0.2, -0.15) is 0 Å². The van der Waals surface area contributed by atoms with Crippen molar-refractivity contribution < 1.29 is 4.39 Å². The molecule has 0 aliphatic carbocycles. The molecule has 1 fully saturated rings. The van der Waals surface area contributed by atoms with Gasteiger partial charge in [0.15, 0.2) is 0 Å². The van der Waals surface area contributed by atoms with E-state index in [0.29, 0.717) is 15.4 Å². The number of thiocarbonyl (C=S) groups is 1. The van der Waals surface area contributed by atoms with E-state index in [0.717, 1.165) is 38.0 Å². The first-order chi connectivity index (χ1) is 8.58. The second-order valence-corrected chi connectivity index (χ2v) is 5.93. The molecule has 1 saturated heterocycles. The molecule has 1 aliphatic heterocycles. The van der Waals surface area contributed by atoms with Crippen molar-refractivity contribution >= 4 is 33.1 Å². The van der Waals surface area contributed by atoms with Crippen LogP contribution in [-0.2, 0) is 6.54 Å². The van der Waals surface area contributed by atoms with Gasteiger partial charge < -0.3 is 5.73 Å². The molecule has 0 amide bonds. The van der Waals surface area contributed by atoms with Crippen molar-refractivity contribution in [1.82, 2.24) is 4.90 Å². The van der Waals surface area contributed by atoms with E-state index in [1.54, 1.807) is 6.07 Å². The Kier molecular flexibility index (Phi) is 4.70. The molecule has 5 heteroatoms. The molecule has 1 aliphatic rings.